The fourth-order valence-corrected chi connectivity index (χ4v) is 1.81. The number of rotatable bonds is 4. The lowest BCUT2D eigenvalue weighted by Crippen LogP contribution is -2.19. The summed E-state index contributed by atoms with van der Waals surface area (Å²) < 4.78 is 1.89. The fourth-order valence-electron chi connectivity index (χ4n) is 1.81. The van der Waals surface area contributed by atoms with Crippen LogP contribution in [0.5, 0.6) is 0 Å². The van der Waals surface area contributed by atoms with Gasteiger partial charge in [0.1, 0.15) is 0 Å². The summed E-state index contributed by atoms with van der Waals surface area (Å²) in [5.74, 6) is 0. The fraction of sp³-hybridized carbons (Fsp3) is 0.727. The molecule has 1 heterocycles. The highest BCUT2D eigenvalue weighted by Gasteiger charge is 2.24. The van der Waals surface area contributed by atoms with E-state index in [1.807, 2.05) is 17.9 Å². The lowest BCUT2D eigenvalue weighted by Gasteiger charge is -2.26. The topological polar surface area (TPSA) is 17.8 Å². The van der Waals surface area contributed by atoms with E-state index in [9.17, 15) is 0 Å². The Labute approximate surface area is 81.0 Å². The molecule has 74 valence electrons. The molecule has 2 nitrogen and oxygen atoms in total. The average Bonchev–Trinajstić information content (AvgIpc) is 2.52. The highest BCUT2D eigenvalue weighted by atomic mass is 15.2. The Morgan fingerprint density at radius 3 is 2.54 bits per heavy atom. The molecule has 0 aliphatic rings. The van der Waals surface area contributed by atoms with Crippen molar-refractivity contribution in [3.05, 3.63) is 18.0 Å². The molecule has 0 N–H and O–H groups in total. The second-order valence-corrected chi connectivity index (χ2v) is 4.07. The van der Waals surface area contributed by atoms with E-state index in [0.717, 1.165) is 0 Å². The molecule has 0 saturated heterocycles. The zero-order valence-corrected chi connectivity index (χ0v) is 9.17. The van der Waals surface area contributed by atoms with Gasteiger partial charge in [0.25, 0.3) is 0 Å². The van der Waals surface area contributed by atoms with Crippen LogP contribution in [0.25, 0.3) is 0 Å². The minimum Gasteiger partial charge on any atom is -0.276 e. The highest BCUT2D eigenvalue weighted by Crippen LogP contribution is 2.31. The summed E-state index contributed by atoms with van der Waals surface area (Å²) in [6.45, 7) is 6.82. The number of hydrogen-bond donors (Lipinski definition) is 0. The van der Waals surface area contributed by atoms with Crippen molar-refractivity contribution in [1.29, 1.82) is 0 Å². The minimum absolute atomic E-state index is 0.322. The van der Waals surface area contributed by atoms with Crippen LogP contribution in [0.2, 0.25) is 0 Å². The van der Waals surface area contributed by atoms with Gasteiger partial charge in [-0.15, -0.1) is 0 Å². The molecule has 1 unspecified atom stereocenters. The number of nitrogens with zero attached hydrogens (tertiary/aromatic N) is 2. The Balaban J connectivity index is 2.88. The van der Waals surface area contributed by atoms with E-state index < -0.39 is 0 Å². The maximum absolute atomic E-state index is 4.23. The van der Waals surface area contributed by atoms with Gasteiger partial charge in [-0.05, 0) is 23.8 Å². The average molecular weight is 180 g/mol. The Morgan fingerprint density at radius 1 is 1.46 bits per heavy atom. The maximum Gasteiger partial charge on any atom is 0.0527 e. The summed E-state index contributed by atoms with van der Waals surface area (Å²) in [6, 6.07) is 0. The largest absolute Gasteiger partial charge is 0.276 e. The summed E-state index contributed by atoms with van der Waals surface area (Å²) >= 11 is 0. The monoisotopic (exact) mass is 180 g/mol. The Hall–Kier alpha value is -0.790. The first kappa shape index (κ1) is 10.3. The van der Waals surface area contributed by atoms with Crippen LogP contribution in [0.1, 0.15) is 45.6 Å². The zero-order valence-electron chi connectivity index (χ0n) is 9.17. The molecular formula is C11H20N2. The normalized spacial score (nSPS) is 15.7. The number of hydrogen-bond acceptors (Lipinski definition) is 1. The van der Waals surface area contributed by atoms with E-state index >= 15 is 0 Å². The lowest BCUT2D eigenvalue weighted by atomic mass is 9.78. The van der Waals surface area contributed by atoms with Gasteiger partial charge < -0.3 is 0 Å². The molecule has 0 aliphatic carbocycles. The van der Waals surface area contributed by atoms with E-state index in [4.69, 9.17) is 0 Å². The van der Waals surface area contributed by atoms with Crippen molar-refractivity contribution in [3.63, 3.8) is 0 Å². The van der Waals surface area contributed by atoms with Gasteiger partial charge in [0.2, 0.25) is 0 Å². The second-order valence-electron chi connectivity index (χ2n) is 4.07. The number of aromatic nitrogens is 2. The molecular weight excluding hydrogens is 160 g/mol. The third kappa shape index (κ3) is 2.11. The van der Waals surface area contributed by atoms with Crippen molar-refractivity contribution in [2.75, 3.05) is 0 Å². The van der Waals surface area contributed by atoms with Gasteiger partial charge in [-0.25, -0.2) is 0 Å². The van der Waals surface area contributed by atoms with E-state index in [-0.39, 0.29) is 0 Å². The Bertz CT molecular complexity index is 265. The van der Waals surface area contributed by atoms with E-state index in [0.29, 0.717) is 5.41 Å². The molecule has 0 amide bonds. The van der Waals surface area contributed by atoms with E-state index in [1.54, 1.807) is 0 Å². The van der Waals surface area contributed by atoms with E-state index in [1.165, 1.54) is 24.8 Å². The van der Waals surface area contributed by atoms with Crippen LogP contribution in [-0.4, -0.2) is 9.78 Å². The molecule has 0 spiro atoms. The Kier molecular flexibility index (Phi) is 3.12. The molecule has 0 bridgehead atoms. The van der Waals surface area contributed by atoms with Crippen molar-refractivity contribution in [1.82, 2.24) is 9.78 Å². The van der Waals surface area contributed by atoms with Gasteiger partial charge in [-0.3, -0.25) is 4.68 Å². The van der Waals surface area contributed by atoms with Gasteiger partial charge in [-0.1, -0.05) is 27.2 Å². The van der Waals surface area contributed by atoms with Gasteiger partial charge in [0, 0.05) is 13.2 Å². The van der Waals surface area contributed by atoms with Gasteiger partial charge in [0.15, 0.2) is 0 Å². The molecule has 1 atom stereocenters. The summed E-state index contributed by atoms with van der Waals surface area (Å²) in [5.41, 5.74) is 1.70. The molecule has 0 aliphatic heterocycles. The second kappa shape index (κ2) is 3.95. The predicted molar refractivity (Wildman–Crippen MR) is 55.8 cm³/mol. The molecule has 2 heteroatoms. The van der Waals surface area contributed by atoms with Crippen molar-refractivity contribution < 1.29 is 0 Å². The van der Waals surface area contributed by atoms with Crippen molar-refractivity contribution >= 4 is 0 Å². The standard InChI is InChI=1S/C11H20N2/c1-5-7-11(3,6-2)10-8-12-13(4)9-10/h8-9H,5-7H2,1-4H3. The first-order valence-corrected chi connectivity index (χ1v) is 5.11. The van der Waals surface area contributed by atoms with Crippen molar-refractivity contribution in [2.24, 2.45) is 7.05 Å². The smallest absolute Gasteiger partial charge is 0.0527 e. The van der Waals surface area contributed by atoms with Crippen LogP contribution in [0.4, 0.5) is 0 Å². The Morgan fingerprint density at radius 2 is 2.15 bits per heavy atom. The van der Waals surface area contributed by atoms with E-state index in [2.05, 4.69) is 32.1 Å². The molecule has 13 heavy (non-hydrogen) atoms. The molecule has 0 aromatic carbocycles. The maximum atomic E-state index is 4.23. The van der Waals surface area contributed by atoms with Crippen LogP contribution in [0.3, 0.4) is 0 Å². The van der Waals surface area contributed by atoms with Gasteiger partial charge in [0.05, 0.1) is 6.20 Å². The zero-order chi connectivity index (χ0) is 9.90. The molecule has 1 aromatic heterocycles. The summed E-state index contributed by atoms with van der Waals surface area (Å²) in [4.78, 5) is 0. The summed E-state index contributed by atoms with van der Waals surface area (Å²) in [5, 5.41) is 4.23. The third-order valence-corrected chi connectivity index (χ3v) is 2.98. The summed E-state index contributed by atoms with van der Waals surface area (Å²) in [7, 11) is 1.98. The van der Waals surface area contributed by atoms with Crippen LogP contribution in [0, 0.1) is 0 Å². The van der Waals surface area contributed by atoms with Crippen LogP contribution < -0.4 is 0 Å². The first-order chi connectivity index (χ1) is 6.12. The van der Waals surface area contributed by atoms with Crippen molar-refractivity contribution in [2.45, 2.75) is 45.4 Å². The number of aryl methyl sites for hydroxylation is 1. The quantitative estimate of drug-likeness (QED) is 0.696. The van der Waals surface area contributed by atoms with Crippen molar-refractivity contribution in [3.8, 4) is 0 Å². The third-order valence-electron chi connectivity index (χ3n) is 2.98. The molecule has 0 saturated carbocycles. The predicted octanol–water partition coefficient (Wildman–Crippen LogP) is 2.89. The molecule has 1 rings (SSSR count). The molecule has 0 fully saturated rings. The van der Waals surface area contributed by atoms with Crippen LogP contribution in [-0.2, 0) is 12.5 Å². The highest BCUT2D eigenvalue weighted by molar-refractivity contribution is 5.17. The molecule has 0 radical (unpaired) electrons. The van der Waals surface area contributed by atoms with Gasteiger partial charge >= 0.3 is 0 Å². The van der Waals surface area contributed by atoms with Gasteiger partial charge in [-0.2, -0.15) is 5.10 Å². The minimum atomic E-state index is 0.322. The van der Waals surface area contributed by atoms with Crippen LogP contribution in [0.15, 0.2) is 12.4 Å². The first-order valence-electron chi connectivity index (χ1n) is 5.11. The van der Waals surface area contributed by atoms with Crippen LogP contribution >= 0.6 is 0 Å². The summed E-state index contributed by atoms with van der Waals surface area (Å²) in [6.07, 6.45) is 7.80. The SMILES string of the molecule is CCCC(C)(CC)c1cnn(C)c1. The lowest BCUT2D eigenvalue weighted by molar-refractivity contribution is 0.413. The molecule has 1 aromatic rings.